The summed E-state index contributed by atoms with van der Waals surface area (Å²) >= 11 is 1.83. The maximum absolute atomic E-state index is 12.7. The number of nitrogens with zero attached hydrogens (tertiary/aromatic N) is 1. The van der Waals surface area contributed by atoms with Crippen LogP contribution in [0.3, 0.4) is 0 Å². The summed E-state index contributed by atoms with van der Waals surface area (Å²) in [6.07, 6.45) is 3.46. The lowest BCUT2D eigenvalue weighted by Gasteiger charge is -2.35. The van der Waals surface area contributed by atoms with Gasteiger partial charge in [0.1, 0.15) is 0 Å². The van der Waals surface area contributed by atoms with Crippen LogP contribution in [0, 0.1) is 6.92 Å². The minimum Gasteiger partial charge on any atom is -0.335 e. The van der Waals surface area contributed by atoms with E-state index < -0.39 is 0 Å². The molecule has 0 saturated heterocycles. The Morgan fingerprint density at radius 3 is 2.77 bits per heavy atom. The van der Waals surface area contributed by atoms with Crippen LogP contribution in [0.4, 0.5) is 0 Å². The number of rotatable bonds is 4. The predicted octanol–water partition coefficient (Wildman–Crippen LogP) is 4.53. The lowest BCUT2D eigenvalue weighted by molar-refractivity contribution is -0.134. The monoisotopic (exact) mass is 313 g/mol. The second kappa shape index (κ2) is 6.66. The first-order valence-corrected chi connectivity index (χ1v) is 8.98. The molecule has 116 valence electrons. The first-order valence-electron chi connectivity index (χ1n) is 8.10. The fourth-order valence-corrected chi connectivity index (χ4v) is 4.21. The van der Waals surface area contributed by atoms with Crippen molar-refractivity contribution in [2.24, 2.45) is 0 Å². The molecular formula is C19H23NOS. The smallest absolute Gasteiger partial charge is 0.223 e. The van der Waals surface area contributed by atoms with Crippen LogP contribution >= 0.6 is 11.3 Å². The van der Waals surface area contributed by atoms with Crippen molar-refractivity contribution in [3.8, 4) is 0 Å². The molecule has 0 bridgehead atoms. The normalized spacial score (nSPS) is 17.4. The third-order valence-corrected chi connectivity index (χ3v) is 5.55. The lowest BCUT2D eigenvalue weighted by atomic mass is 9.97. The Hall–Kier alpha value is -1.61. The molecule has 1 aromatic heterocycles. The molecule has 1 aromatic carbocycles. The van der Waals surface area contributed by atoms with E-state index in [1.165, 1.54) is 21.6 Å². The molecule has 3 rings (SSSR count). The van der Waals surface area contributed by atoms with Gasteiger partial charge in [-0.3, -0.25) is 4.79 Å². The fraction of sp³-hybridized carbons (Fsp3) is 0.421. The molecule has 0 spiro atoms. The molecule has 1 unspecified atom stereocenters. The van der Waals surface area contributed by atoms with E-state index in [2.05, 4.69) is 54.5 Å². The first-order chi connectivity index (χ1) is 10.7. The van der Waals surface area contributed by atoms with Crippen molar-refractivity contribution in [3.05, 3.63) is 57.3 Å². The van der Waals surface area contributed by atoms with Gasteiger partial charge in [0.05, 0.1) is 6.04 Å². The molecule has 2 aromatic rings. The molecule has 2 nitrogen and oxygen atoms in total. The first kappa shape index (κ1) is 15.3. The van der Waals surface area contributed by atoms with Gasteiger partial charge >= 0.3 is 0 Å². The number of amides is 1. The van der Waals surface area contributed by atoms with Crippen molar-refractivity contribution < 1.29 is 4.79 Å². The average molecular weight is 313 g/mol. The molecule has 1 aliphatic heterocycles. The number of thiophene rings is 1. The number of fused-ring (bicyclic) bond motifs is 1. The zero-order valence-corrected chi connectivity index (χ0v) is 14.2. The summed E-state index contributed by atoms with van der Waals surface area (Å²) in [6.45, 7) is 5.14. The van der Waals surface area contributed by atoms with Crippen molar-refractivity contribution in [1.82, 2.24) is 4.90 Å². The molecule has 1 amide bonds. The van der Waals surface area contributed by atoms with Crippen molar-refractivity contribution in [2.45, 2.75) is 45.6 Å². The van der Waals surface area contributed by atoms with E-state index in [0.29, 0.717) is 12.3 Å². The second-order valence-corrected chi connectivity index (χ2v) is 7.05. The van der Waals surface area contributed by atoms with E-state index in [1.54, 1.807) is 0 Å². The Bertz CT molecular complexity index is 644. The fourth-order valence-electron chi connectivity index (χ4n) is 3.28. The van der Waals surface area contributed by atoms with Gasteiger partial charge in [-0.25, -0.2) is 0 Å². The van der Waals surface area contributed by atoms with Crippen LogP contribution in [0.15, 0.2) is 35.7 Å². The van der Waals surface area contributed by atoms with Crippen LogP contribution in [0.5, 0.6) is 0 Å². The molecule has 1 atom stereocenters. The van der Waals surface area contributed by atoms with Gasteiger partial charge in [-0.05, 0) is 48.8 Å². The molecule has 0 fully saturated rings. The molecule has 2 heterocycles. The van der Waals surface area contributed by atoms with Gasteiger partial charge in [-0.1, -0.05) is 36.8 Å². The maximum atomic E-state index is 12.7. The van der Waals surface area contributed by atoms with Gasteiger partial charge in [0.25, 0.3) is 0 Å². The SMILES string of the molecule is CCC1c2ccsc2CCN1C(=O)CCc1ccc(C)cc1. The zero-order chi connectivity index (χ0) is 15.5. The van der Waals surface area contributed by atoms with Crippen molar-refractivity contribution >= 4 is 17.2 Å². The molecule has 0 aliphatic carbocycles. The lowest BCUT2D eigenvalue weighted by Crippen LogP contribution is -2.39. The molecule has 0 radical (unpaired) electrons. The molecule has 0 saturated carbocycles. The zero-order valence-electron chi connectivity index (χ0n) is 13.3. The van der Waals surface area contributed by atoms with Crippen molar-refractivity contribution in [2.75, 3.05) is 6.54 Å². The van der Waals surface area contributed by atoms with Crippen LogP contribution < -0.4 is 0 Å². The summed E-state index contributed by atoms with van der Waals surface area (Å²) in [5.74, 6) is 0.296. The molecule has 0 N–H and O–H groups in total. The van der Waals surface area contributed by atoms with E-state index in [0.717, 1.165) is 25.8 Å². The van der Waals surface area contributed by atoms with E-state index in [4.69, 9.17) is 0 Å². The molecule has 3 heteroatoms. The maximum Gasteiger partial charge on any atom is 0.223 e. The highest BCUT2D eigenvalue weighted by molar-refractivity contribution is 7.10. The van der Waals surface area contributed by atoms with Gasteiger partial charge in [0.2, 0.25) is 5.91 Å². The van der Waals surface area contributed by atoms with Crippen LogP contribution in [0.2, 0.25) is 0 Å². The van der Waals surface area contributed by atoms with Crippen LogP contribution in [0.1, 0.15) is 47.4 Å². The summed E-state index contributed by atoms with van der Waals surface area (Å²) in [4.78, 5) is 16.2. The standard InChI is InChI=1S/C19H23NOS/c1-3-17-16-11-13-22-18(16)10-12-20(17)19(21)9-8-15-6-4-14(2)5-7-15/h4-7,11,13,17H,3,8-10,12H2,1-2H3. The third-order valence-electron chi connectivity index (χ3n) is 4.55. The average Bonchev–Trinajstić information content (AvgIpc) is 3.01. The Labute approximate surface area is 136 Å². The highest BCUT2D eigenvalue weighted by atomic mass is 32.1. The number of carbonyl (C=O) groups is 1. The number of carbonyl (C=O) groups excluding carboxylic acids is 1. The van der Waals surface area contributed by atoms with Gasteiger partial charge in [-0.2, -0.15) is 0 Å². The van der Waals surface area contributed by atoms with Gasteiger partial charge in [-0.15, -0.1) is 11.3 Å². The van der Waals surface area contributed by atoms with Gasteiger partial charge in [0, 0.05) is 17.8 Å². The van der Waals surface area contributed by atoms with Crippen molar-refractivity contribution in [1.29, 1.82) is 0 Å². The quantitative estimate of drug-likeness (QED) is 0.812. The Morgan fingerprint density at radius 1 is 1.27 bits per heavy atom. The second-order valence-electron chi connectivity index (χ2n) is 6.05. The molecule has 22 heavy (non-hydrogen) atoms. The minimum atomic E-state index is 0.278. The van der Waals surface area contributed by atoms with Gasteiger partial charge in [0.15, 0.2) is 0 Å². The minimum absolute atomic E-state index is 0.278. The highest BCUT2D eigenvalue weighted by Crippen LogP contribution is 2.35. The number of benzene rings is 1. The van der Waals surface area contributed by atoms with Crippen LogP contribution in [-0.2, 0) is 17.6 Å². The summed E-state index contributed by atoms with van der Waals surface area (Å²) in [5, 5.41) is 2.16. The van der Waals surface area contributed by atoms with Crippen molar-refractivity contribution in [3.63, 3.8) is 0 Å². The van der Waals surface area contributed by atoms with Gasteiger partial charge < -0.3 is 4.90 Å². The number of hydrogen-bond acceptors (Lipinski definition) is 2. The summed E-state index contributed by atoms with van der Waals surface area (Å²) in [6, 6.07) is 11.0. The number of hydrogen-bond donors (Lipinski definition) is 0. The summed E-state index contributed by atoms with van der Waals surface area (Å²) < 4.78 is 0. The highest BCUT2D eigenvalue weighted by Gasteiger charge is 2.29. The summed E-state index contributed by atoms with van der Waals surface area (Å²) in [5.41, 5.74) is 3.89. The third kappa shape index (κ3) is 3.09. The number of aryl methyl sites for hydroxylation is 2. The van der Waals surface area contributed by atoms with E-state index >= 15 is 0 Å². The topological polar surface area (TPSA) is 20.3 Å². The van der Waals surface area contributed by atoms with Crippen LogP contribution in [-0.4, -0.2) is 17.4 Å². The Kier molecular flexibility index (Phi) is 4.63. The van der Waals surface area contributed by atoms with E-state index in [1.807, 2.05) is 11.3 Å². The molecular weight excluding hydrogens is 290 g/mol. The Balaban J connectivity index is 1.66. The summed E-state index contributed by atoms with van der Waals surface area (Å²) in [7, 11) is 0. The van der Waals surface area contributed by atoms with E-state index in [9.17, 15) is 4.79 Å². The largest absolute Gasteiger partial charge is 0.335 e. The molecule has 1 aliphatic rings. The van der Waals surface area contributed by atoms with E-state index in [-0.39, 0.29) is 6.04 Å². The Morgan fingerprint density at radius 2 is 2.05 bits per heavy atom. The van der Waals surface area contributed by atoms with Crippen LogP contribution in [0.25, 0.3) is 0 Å². The predicted molar refractivity (Wildman–Crippen MR) is 92.3 cm³/mol.